The molecule has 0 atom stereocenters. The van der Waals surface area contributed by atoms with Crippen LogP contribution in [0.2, 0.25) is 5.02 Å². The number of hydrogen-bond donors (Lipinski definition) is 2. The summed E-state index contributed by atoms with van der Waals surface area (Å²) in [6, 6.07) is 6.31. The Hall–Kier alpha value is -1.31. The number of alkyl halides is 2. The van der Waals surface area contributed by atoms with Crippen LogP contribution in [0.3, 0.4) is 0 Å². The lowest BCUT2D eigenvalue weighted by molar-refractivity contribution is 0.0557. The quantitative estimate of drug-likeness (QED) is 0.430. The van der Waals surface area contributed by atoms with Gasteiger partial charge in [0.05, 0.1) is 10.5 Å². The molecule has 28 heavy (non-hydrogen) atoms. The molecule has 0 radical (unpaired) electrons. The zero-order valence-corrected chi connectivity index (χ0v) is 17.9. The van der Waals surface area contributed by atoms with Crippen molar-refractivity contribution in [2.75, 3.05) is 0 Å². The Labute approximate surface area is 172 Å². The Morgan fingerprint density at radius 2 is 1.86 bits per heavy atom. The molecule has 3 rings (SSSR count). The summed E-state index contributed by atoms with van der Waals surface area (Å²) in [4.78, 5) is 17.9. The first kappa shape index (κ1) is 21.4. The smallest absolute Gasteiger partial charge is 0.339 e. The highest BCUT2D eigenvalue weighted by atomic mass is 79.9. The molecular formula is C18H15BrClF3NO3P. The monoisotopic (exact) mass is 495 g/mol. The summed E-state index contributed by atoms with van der Waals surface area (Å²) in [5.41, 5.74) is -2.20. The highest BCUT2D eigenvalue weighted by Crippen LogP contribution is 2.60. The molecule has 150 valence electrons. The van der Waals surface area contributed by atoms with E-state index in [1.807, 2.05) is 18.4 Å². The van der Waals surface area contributed by atoms with Crippen molar-refractivity contribution in [3.63, 3.8) is 0 Å². The molecule has 0 amide bonds. The Morgan fingerprint density at radius 1 is 1.21 bits per heavy atom. The van der Waals surface area contributed by atoms with Crippen LogP contribution in [0.1, 0.15) is 22.4 Å². The lowest BCUT2D eigenvalue weighted by atomic mass is 10.1. The van der Waals surface area contributed by atoms with E-state index in [2.05, 4.69) is 15.9 Å². The van der Waals surface area contributed by atoms with Crippen LogP contribution >= 0.6 is 35.1 Å². The van der Waals surface area contributed by atoms with Gasteiger partial charge < -0.3 is 14.4 Å². The Morgan fingerprint density at radius 3 is 2.43 bits per heavy atom. The van der Waals surface area contributed by atoms with Crippen LogP contribution in [-0.2, 0) is 16.8 Å². The topological polar surface area (TPSA) is 62.5 Å². The number of hydrogen-bond acceptors (Lipinski definition) is 1. The number of nitrogens with zero attached hydrogens (tertiary/aromatic N) is 1. The molecule has 0 fully saturated rings. The third-order valence-corrected chi connectivity index (χ3v) is 6.63. The van der Waals surface area contributed by atoms with Gasteiger partial charge in [-0.1, -0.05) is 39.7 Å². The summed E-state index contributed by atoms with van der Waals surface area (Å²) in [5.74, 6) is -0.454. The van der Waals surface area contributed by atoms with Gasteiger partial charge in [0.1, 0.15) is 5.82 Å². The largest absolute Gasteiger partial charge is 0.399 e. The molecule has 10 heteroatoms. The number of aromatic nitrogens is 1. The molecule has 0 aliphatic rings. The second-order valence-corrected chi connectivity index (χ2v) is 9.39. The zero-order chi connectivity index (χ0) is 21.0. The van der Waals surface area contributed by atoms with E-state index in [1.54, 1.807) is 0 Å². The van der Waals surface area contributed by atoms with Gasteiger partial charge in [0, 0.05) is 27.7 Å². The van der Waals surface area contributed by atoms with Gasteiger partial charge in [0.15, 0.2) is 0 Å². The molecule has 0 aliphatic heterocycles. The molecular weight excluding hydrogens is 482 g/mol. The summed E-state index contributed by atoms with van der Waals surface area (Å²) in [6.07, 6.45) is 0. The second-order valence-electron chi connectivity index (χ2n) is 6.48. The first-order valence-corrected chi connectivity index (χ1v) is 10.8. The van der Waals surface area contributed by atoms with E-state index in [0.29, 0.717) is 16.5 Å². The molecule has 0 saturated carbocycles. The van der Waals surface area contributed by atoms with Crippen molar-refractivity contribution in [2.24, 2.45) is 0 Å². The maximum Gasteiger partial charge on any atom is 0.399 e. The molecule has 0 saturated heterocycles. The minimum Gasteiger partial charge on any atom is -0.339 e. The number of aryl methyl sites for hydroxylation is 1. The number of halogens is 5. The predicted molar refractivity (Wildman–Crippen MR) is 106 cm³/mol. The van der Waals surface area contributed by atoms with E-state index >= 15 is 0 Å². The predicted octanol–water partition coefficient (Wildman–Crippen LogP) is 6.09. The minimum atomic E-state index is -5.67. The highest BCUT2D eigenvalue weighted by molar-refractivity contribution is 9.10. The van der Waals surface area contributed by atoms with Crippen molar-refractivity contribution in [2.45, 2.75) is 26.1 Å². The zero-order valence-electron chi connectivity index (χ0n) is 14.7. The van der Waals surface area contributed by atoms with E-state index < -0.39 is 24.6 Å². The van der Waals surface area contributed by atoms with E-state index in [1.165, 1.54) is 24.3 Å². The van der Waals surface area contributed by atoms with Crippen molar-refractivity contribution in [1.29, 1.82) is 0 Å². The van der Waals surface area contributed by atoms with E-state index in [-0.39, 0.29) is 16.0 Å². The summed E-state index contributed by atoms with van der Waals surface area (Å²) in [5, 5.41) is 0.890. The van der Waals surface area contributed by atoms with Gasteiger partial charge >= 0.3 is 13.3 Å². The normalized spacial score (nSPS) is 12.8. The van der Waals surface area contributed by atoms with Crippen LogP contribution in [0.5, 0.6) is 0 Å². The molecule has 2 aromatic carbocycles. The third kappa shape index (κ3) is 3.53. The molecule has 0 bridgehead atoms. The van der Waals surface area contributed by atoms with Gasteiger partial charge in [0.2, 0.25) is 0 Å². The van der Waals surface area contributed by atoms with Gasteiger partial charge in [-0.25, -0.2) is 4.39 Å². The standard InChI is InChI=1S/C18H15BrClF3NO3P/c1-9-10(2)24(17-13(9)6-12(21)7-16(17)20)8-11-3-4-14(15(19)5-11)18(22,23)28(25,26)27/h3-7H,8H2,1-2H3,(H2,25,26,27). The molecule has 2 N–H and O–H groups in total. The van der Waals surface area contributed by atoms with Crippen LogP contribution in [-0.4, -0.2) is 14.4 Å². The van der Waals surface area contributed by atoms with Crippen LogP contribution in [0.4, 0.5) is 13.2 Å². The molecule has 3 aromatic rings. The van der Waals surface area contributed by atoms with Gasteiger partial charge in [-0.2, -0.15) is 8.78 Å². The van der Waals surface area contributed by atoms with Crippen LogP contribution in [0, 0.1) is 19.7 Å². The van der Waals surface area contributed by atoms with Crippen LogP contribution < -0.4 is 0 Å². The van der Waals surface area contributed by atoms with Gasteiger partial charge in [-0.3, -0.25) is 4.57 Å². The van der Waals surface area contributed by atoms with Crippen LogP contribution in [0.25, 0.3) is 10.9 Å². The average molecular weight is 497 g/mol. The SMILES string of the molecule is Cc1c(C)n(Cc2ccc(C(F)(F)P(=O)(O)O)c(Br)c2)c2c(Cl)cc(F)cc12. The first-order valence-electron chi connectivity index (χ1n) is 8.01. The number of rotatable bonds is 4. The summed E-state index contributed by atoms with van der Waals surface area (Å²) < 4.78 is 54.5. The number of benzene rings is 2. The van der Waals surface area contributed by atoms with Gasteiger partial charge in [-0.05, 0) is 43.2 Å². The Kier molecular flexibility index (Phi) is 5.49. The Balaban J connectivity index is 2.08. The molecule has 0 spiro atoms. The third-order valence-electron chi connectivity index (χ3n) is 4.71. The van der Waals surface area contributed by atoms with Crippen molar-refractivity contribution in [3.05, 3.63) is 68.0 Å². The molecule has 4 nitrogen and oxygen atoms in total. The summed E-state index contributed by atoms with van der Waals surface area (Å²) in [6.45, 7) is 3.93. The van der Waals surface area contributed by atoms with E-state index in [9.17, 15) is 17.7 Å². The maximum atomic E-state index is 14.0. The second kappa shape index (κ2) is 7.18. The van der Waals surface area contributed by atoms with Crippen molar-refractivity contribution in [3.8, 4) is 0 Å². The first-order chi connectivity index (χ1) is 12.8. The van der Waals surface area contributed by atoms with Crippen molar-refractivity contribution >= 4 is 46.0 Å². The summed E-state index contributed by atoms with van der Waals surface area (Å²) in [7, 11) is -5.67. The van der Waals surface area contributed by atoms with Gasteiger partial charge in [0.25, 0.3) is 0 Å². The van der Waals surface area contributed by atoms with E-state index in [0.717, 1.165) is 17.3 Å². The highest BCUT2D eigenvalue weighted by Gasteiger charge is 2.51. The summed E-state index contributed by atoms with van der Waals surface area (Å²) >= 11 is 9.21. The lowest BCUT2D eigenvalue weighted by Gasteiger charge is -2.20. The van der Waals surface area contributed by atoms with Crippen molar-refractivity contribution < 1.29 is 27.5 Å². The lowest BCUT2D eigenvalue weighted by Crippen LogP contribution is -2.15. The fraction of sp³-hybridized carbons (Fsp3) is 0.222. The van der Waals surface area contributed by atoms with E-state index in [4.69, 9.17) is 21.4 Å². The van der Waals surface area contributed by atoms with Gasteiger partial charge in [-0.15, -0.1) is 0 Å². The Bertz CT molecular complexity index is 1140. The number of fused-ring (bicyclic) bond motifs is 1. The maximum absolute atomic E-state index is 14.0. The van der Waals surface area contributed by atoms with Crippen LogP contribution in [0.15, 0.2) is 34.8 Å². The minimum absolute atomic E-state index is 0.124. The van der Waals surface area contributed by atoms with Crippen molar-refractivity contribution in [1.82, 2.24) is 4.57 Å². The molecule has 1 heterocycles. The fourth-order valence-electron chi connectivity index (χ4n) is 3.13. The molecule has 0 unspecified atom stereocenters. The molecule has 0 aliphatic carbocycles. The average Bonchev–Trinajstić information content (AvgIpc) is 2.79. The fourth-order valence-corrected chi connectivity index (χ4v) is 4.77. The molecule has 1 aromatic heterocycles.